The van der Waals surface area contributed by atoms with Gasteiger partial charge in [-0.05, 0) is 42.9 Å². The standard InChI is InChI=1S/C22H26F3NO/c1-5-6-7-15(3)21(27)26-17-9-11-19(20(13-17)22(23,24)25)18-10-8-14(2)12-16(18)4/h6-11,14,20H,3,5,12-13H2,1-2,4H3,(H,26,27)/b7-6-. The van der Waals surface area contributed by atoms with Crippen LogP contribution >= 0.6 is 0 Å². The zero-order valence-corrected chi connectivity index (χ0v) is 16.0. The van der Waals surface area contributed by atoms with Gasteiger partial charge in [-0.25, -0.2) is 0 Å². The van der Waals surface area contributed by atoms with Crippen LogP contribution in [0.1, 0.15) is 40.0 Å². The van der Waals surface area contributed by atoms with Gasteiger partial charge in [0.05, 0.1) is 5.92 Å². The second-order valence-electron chi connectivity index (χ2n) is 7.14. The maximum absolute atomic E-state index is 13.7. The third-order valence-electron chi connectivity index (χ3n) is 4.77. The Hall–Kier alpha value is -2.30. The average Bonchev–Trinajstić information content (AvgIpc) is 2.59. The molecular formula is C22H26F3NO. The van der Waals surface area contributed by atoms with Gasteiger partial charge in [0.2, 0.25) is 0 Å². The molecular weight excluding hydrogens is 351 g/mol. The summed E-state index contributed by atoms with van der Waals surface area (Å²) in [5.74, 6) is -1.79. The number of allylic oxidation sites excluding steroid dienone is 9. The molecule has 0 aromatic heterocycles. The highest BCUT2D eigenvalue weighted by Crippen LogP contribution is 2.43. The molecule has 1 N–H and O–H groups in total. The lowest BCUT2D eigenvalue weighted by atomic mass is 9.79. The Morgan fingerprint density at radius 2 is 2.04 bits per heavy atom. The zero-order valence-electron chi connectivity index (χ0n) is 16.0. The minimum absolute atomic E-state index is 0.221. The summed E-state index contributed by atoms with van der Waals surface area (Å²) >= 11 is 0. The number of hydrogen-bond donors (Lipinski definition) is 1. The summed E-state index contributed by atoms with van der Waals surface area (Å²) in [4.78, 5) is 12.1. The first-order valence-corrected chi connectivity index (χ1v) is 9.16. The van der Waals surface area contributed by atoms with Gasteiger partial charge in [-0.2, -0.15) is 13.2 Å². The van der Waals surface area contributed by atoms with Crippen LogP contribution in [0.3, 0.4) is 0 Å². The van der Waals surface area contributed by atoms with Crippen molar-refractivity contribution in [3.8, 4) is 0 Å². The van der Waals surface area contributed by atoms with Gasteiger partial charge >= 0.3 is 6.18 Å². The van der Waals surface area contributed by atoms with E-state index >= 15 is 0 Å². The van der Waals surface area contributed by atoms with Gasteiger partial charge in [-0.3, -0.25) is 4.79 Å². The van der Waals surface area contributed by atoms with Crippen LogP contribution in [-0.4, -0.2) is 12.1 Å². The second-order valence-corrected chi connectivity index (χ2v) is 7.14. The monoisotopic (exact) mass is 377 g/mol. The Balaban J connectivity index is 2.28. The van der Waals surface area contributed by atoms with Crippen molar-refractivity contribution < 1.29 is 18.0 Å². The molecule has 0 fully saturated rings. The molecule has 2 atom stereocenters. The van der Waals surface area contributed by atoms with Crippen LogP contribution in [0.15, 0.2) is 71.0 Å². The Morgan fingerprint density at radius 1 is 1.33 bits per heavy atom. The maximum Gasteiger partial charge on any atom is 0.396 e. The molecule has 0 saturated carbocycles. The molecule has 2 nitrogen and oxygen atoms in total. The molecule has 2 unspecified atom stereocenters. The number of carbonyl (C=O) groups excluding carboxylic acids is 1. The number of carbonyl (C=O) groups is 1. The number of amides is 1. The van der Waals surface area contributed by atoms with E-state index in [0.717, 1.165) is 18.4 Å². The predicted octanol–water partition coefficient (Wildman–Crippen LogP) is 5.93. The molecule has 0 radical (unpaired) electrons. The minimum atomic E-state index is -4.39. The molecule has 1 amide bonds. The van der Waals surface area contributed by atoms with Gasteiger partial charge in [0.25, 0.3) is 5.91 Å². The highest BCUT2D eigenvalue weighted by Gasteiger charge is 2.44. The van der Waals surface area contributed by atoms with Crippen LogP contribution in [0.2, 0.25) is 0 Å². The molecule has 0 saturated heterocycles. The van der Waals surface area contributed by atoms with E-state index in [1.165, 1.54) is 6.08 Å². The highest BCUT2D eigenvalue weighted by molar-refractivity contribution is 5.96. The van der Waals surface area contributed by atoms with Crippen molar-refractivity contribution in [2.45, 2.75) is 46.2 Å². The van der Waals surface area contributed by atoms with E-state index in [1.54, 1.807) is 24.3 Å². The minimum Gasteiger partial charge on any atom is -0.326 e. The van der Waals surface area contributed by atoms with Crippen molar-refractivity contribution in [3.63, 3.8) is 0 Å². The molecule has 5 heteroatoms. The van der Waals surface area contributed by atoms with E-state index in [2.05, 4.69) is 11.9 Å². The topological polar surface area (TPSA) is 29.1 Å². The third kappa shape index (κ3) is 5.34. The quantitative estimate of drug-likeness (QED) is 0.467. The molecule has 2 rings (SSSR count). The molecule has 2 aliphatic rings. The van der Waals surface area contributed by atoms with Gasteiger partial charge in [-0.1, -0.05) is 56.4 Å². The molecule has 27 heavy (non-hydrogen) atoms. The lowest BCUT2D eigenvalue weighted by Gasteiger charge is -2.30. The first kappa shape index (κ1) is 21.0. The second kappa shape index (κ2) is 8.59. The maximum atomic E-state index is 13.7. The Kier molecular flexibility index (Phi) is 6.68. The summed E-state index contributed by atoms with van der Waals surface area (Å²) in [6.07, 6.45) is 6.97. The molecule has 0 aliphatic heterocycles. The molecule has 2 aliphatic carbocycles. The van der Waals surface area contributed by atoms with Crippen molar-refractivity contribution in [1.82, 2.24) is 5.32 Å². The van der Waals surface area contributed by atoms with Gasteiger partial charge in [0.1, 0.15) is 0 Å². The lowest BCUT2D eigenvalue weighted by molar-refractivity contribution is -0.163. The summed E-state index contributed by atoms with van der Waals surface area (Å²) in [7, 11) is 0. The Morgan fingerprint density at radius 3 is 2.63 bits per heavy atom. The van der Waals surface area contributed by atoms with Crippen LogP contribution < -0.4 is 5.32 Å². The van der Waals surface area contributed by atoms with Crippen LogP contribution in [0.25, 0.3) is 0 Å². The van der Waals surface area contributed by atoms with Crippen molar-refractivity contribution in [2.75, 3.05) is 0 Å². The van der Waals surface area contributed by atoms with E-state index in [0.29, 0.717) is 11.5 Å². The number of halogens is 3. The van der Waals surface area contributed by atoms with Crippen LogP contribution in [0, 0.1) is 11.8 Å². The zero-order chi connectivity index (χ0) is 20.2. The first-order chi connectivity index (χ1) is 12.6. The van der Waals surface area contributed by atoms with Crippen LogP contribution in [0.4, 0.5) is 13.2 Å². The SMILES string of the molecule is C=C(/C=C\CC)C(=O)NC1=CC=C(C2=C(C)CC(C)C=C2)C(C(F)(F)F)C1. The third-order valence-corrected chi connectivity index (χ3v) is 4.77. The van der Waals surface area contributed by atoms with E-state index in [9.17, 15) is 18.0 Å². The van der Waals surface area contributed by atoms with Gasteiger partial charge in [-0.15, -0.1) is 0 Å². The smallest absolute Gasteiger partial charge is 0.326 e. The van der Waals surface area contributed by atoms with Gasteiger partial charge in [0, 0.05) is 17.7 Å². The lowest BCUT2D eigenvalue weighted by Crippen LogP contribution is -2.33. The number of nitrogens with one attached hydrogen (secondary N) is 1. The summed E-state index contributed by atoms with van der Waals surface area (Å²) < 4.78 is 41.2. The van der Waals surface area contributed by atoms with Crippen LogP contribution in [-0.2, 0) is 4.79 Å². The van der Waals surface area contributed by atoms with E-state index < -0.39 is 18.0 Å². The predicted molar refractivity (Wildman–Crippen MR) is 103 cm³/mol. The number of rotatable bonds is 5. The fourth-order valence-corrected chi connectivity index (χ4v) is 3.33. The summed E-state index contributed by atoms with van der Waals surface area (Å²) in [5, 5.41) is 2.56. The normalized spacial score (nSPS) is 23.3. The fourth-order valence-electron chi connectivity index (χ4n) is 3.33. The summed E-state index contributed by atoms with van der Waals surface area (Å²) in [6, 6.07) is 0. The first-order valence-electron chi connectivity index (χ1n) is 9.16. The molecule has 0 aromatic rings. The van der Waals surface area contributed by atoms with Crippen molar-refractivity contribution in [2.24, 2.45) is 11.8 Å². The largest absolute Gasteiger partial charge is 0.396 e. The Labute approximate surface area is 158 Å². The van der Waals surface area contributed by atoms with Gasteiger partial charge < -0.3 is 5.32 Å². The van der Waals surface area contributed by atoms with E-state index in [-0.39, 0.29) is 23.3 Å². The molecule has 0 spiro atoms. The summed E-state index contributed by atoms with van der Waals surface area (Å²) in [5.41, 5.74) is 2.37. The number of alkyl halides is 3. The van der Waals surface area contributed by atoms with Crippen molar-refractivity contribution >= 4 is 5.91 Å². The fraction of sp³-hybridized carbons (Fsp3) is 0.409. The highest BCUT2D eigenvalue weighted by atomic mass is 19.4. The Bertz CT molecular complexity index is 763. The van der Waals surface area contributed by atoms with Crippen LogP contribution in [0.5, 0.6) is 0 Å². The van der Waals surface area contributed by atoms with E-state index in [1.807, 2.05) is 26.8 Å². The molecule has 146 valence electrons. The van der Waals surface area contributed by atoms with Gasteiger partial charge in [0.15, 0.2) is 0 Å². The van der Waals surface area contributed by atoms with Crippen molar-refractivity contribution in [3.05, 3.63) is 71.0 Å². The average molecular weight is 377 g/mol. The van der Waals surface area contributed by atoms with E-state index in [4.69, 9.17) is 0 Å². The van der Waals surface area contributed by atoms with Crippen molar-refractivity contribution in [1.29, 1.82) is 0 Å². The number of hydrogen-bond acceptors (Lipinski definition) is 1. The molecule has 0 aromatic carbocycles. The summed E-state index contributed by atoms with van der Waals surface area (Å²) in [6.45, 7) is 9.50. The molecule has 0 heterocycles. The molecule has 0 bridgehead atoms.